The minimum absolute atomic E-state index is 0.151. The lowest BCUT2D eigenvalue weighted by Crippen LogP contribution is -2.38. The van der Waals surface area contributed by atoms with Crippen molar-refractivity contribution in [3.63, 3.8) is 0 Å². The number of fused-ring (bicyclic) bond motifs is 1. The van der Waals surface area contributed by atoms with Crippen LogP contribution in [0.4, 0.5) is 11.4 Å². The van der Waals surface area contributed by atoms with Gasteiger partial charge in [0, 0.05) is 16.9 Å². The summed E-state index contributed by atoms with van der Waals surface area (Å²) in [4.78, 5) is 13.0. The van der Waals surface area contributed by atoms with Gasteiger partial charge in [0.25, 0.3) is 10.0 Å². The van der Waals surface area contributed by atoms with Crippen LogP contribution in [0.3, 0.4) is 0 Å². The average Bonchev–Trinajstić information content (AvgIpc) is 3.17. The fourth-order valence-corrected chi connectivity index (χ4v) is 5.51. The molecular formula is C20H15ClN2O3S2. The van der Waals surface area contributed by atoms with Crippen molar-refractivity contribution in [1.82, 2.24) is 0 Å². The Morgan fingerprint density at radius 3 is 2.46 bits per heavy atom. The number of carbonyl (C=O) groups excluding carboxylic acids is 1. The number of nitrogens with zero attached hydrogens (tertiary/aromatic N) is 1. The number of hydrogen-bond acceptors (Lipinski definition) is 5. The molecule has 1 aliphatic rings. The molecule has 28 heavy (non-hydrogen) atoms. The first-order chi connectivity index (χ1) is 13.5. The van der Waals surface area contributed by atoms with E-state index in [0.29, 0.717) is 21.3 Å². The lowest BCUT2D eigenvalue weighted by Gasteiger charge is -2.29. The zero-order chi connectivity index (χ0) is 19.7. The molecule has 0 unspecified atom stereocenters. The van der Waals surface area contributed by atoms with Crippen molar-refractivity contribution < 1.29 is 13.2 Å². The number of sulfonamides is 1. The largest absolute Gasteiger partial charge is 0.360 e. The van der Waals surface area contributed by atoms with Gasteiger partial charge in [0.15, 0.2) is 4.91 Å². The number of anilines is 2. The SMILES string of the molecule is O=C1C(=CNc2ccc(Cl)cc2)S(=O)(=O)N(Cc2ccccc2)c2ccsc21. The van der Waals surface area contributed by atoms with Crippen LogP contribution in [0.2, 0.25) is 5.02 Å². The highest BCUT2D eigenvalue weighted by atomic mass is 35.5. The standard InChI is InChI=1S/C20H15ClN2O3S2/c21-15-6-8-16(9-7-15)22-12-18-19(24)20-17(10-11-27-20)23(28(18,25)26)13-14-4-2-1-3-5-14/h1-12,22H,13H2. The normalized spacial score (nSPS) is 16.8. The molecule has 0 saturated carbocycles. The van der Waals surface area contributed by atoms with E-state index in [9.17, 15) is 13.2 Å². The molecule has 1 aromatic heterocycles. The van der Waals surface area contributed by atoms with E-state index in [1.54, 1.807) is 35.7 Å². The summed E-state index contributed by atoms with van der Waals surface area (Å²) in [5, 5.41) is 5.19. The smallest absolute Gasteiger partial charge is 0.270 e. The first kappa shape index (κ1) is 18.7. The van der Waals surface area contributed by atoms with Crippen LogP contribution in [-0.4, -0.2) is 14.2 Å². The summed E-state index contributed by atoms with van der Waals surface area (Å²) in [7, 11) is -4.01. The van der Waals surface area contributed by atoms with Gasteiger partial charge >= 0.3 is 0 Å². The van der Waals surface area contributed by atoms with Crippen molar-refractivity contribution in [2.45, 2.75) is 6.54 Å². The van der Waals surface area contributed by atoms with Crippen molar-refractivity contribution in [3.8, 4) is 0 Å². The fraction of sp³-hybridized carbons (Fsp3) is 0.0500. The maximum atomic E-state index is 13.2. The Kier molecular flexibility index (Phi) is 4.97. The molecule has 1 N–H and O–H groups in total. The van der Waals surface area contributed by atoms with Crippen LogP contribution in [-0.2, 0) is 16.6 Å². The van der Waals surface area contributed by atoms with E-state index >= 15 is 0 Å². The molecule has 0 saturated heterocycles. The molecule has 2 aromatic carbocycles. The maximum absolute atomic E-state index is 13.2. The predicted molar refractivity (Wildman–Crippen MR) is 113 cm³/mol. The Labute approximate surface area is 171 Å². The quantitative estimate of drug-likeness (QED) is 0.598. The lowest BCUT2D eigenvalue weighted by atomic mass is 10.2. The summed E-state index contributed by atoms with van der Waals surface area (Å²) >= 11 is 7.10. The molecule has 1 aliphatic heterocycles. The molecule has 2 heterocycles. The molecule has 8 heteroatoms. The van der Waals surface area contributed by atoms with E-state index in [1.807, 2.05) is 30.3 Å². The Hall–Kier alpha value is -2.61. The van der Waals surface area contributed by atoms with Crippen molar-refractivity contribution in [1.29, 1.82) is 0 Å². The molecule has 0 spiro atoms. The van der Waals surface area contributed by atoms with Crippen LogP contribution in [0.5, 0.6) is 0 Å². The van der Waals surface area contributed by atoms with Gasteiger partial charge in [-0.3, -0.25) is 9.10 Å². The molecule has 0 fully saturated rings. The van der Waals surface area contributed by atoms with Gasteiger partial charge in [0.2, 0.25) is 5.78 Å². The number of benzene rings is 2. The number of ketones is 1. The highest BCUT2D eigenvalue weighted by Gasteiger charge is 2.41. The Morgan fingerprint density at radius 1 is 1.04 bits per heavy atom. The number of hydrogen-bond donors (Lipinski definition) is 1. The fourth-order valence-electron chi connectivity index (χ4n) is 2.90. The highest BCUT2D eigenvalue weighted by molar-refractivity contribution is 7.97. The molecule has 0 atom stereocenters. The van der Waals surface area contributed by atoms with E-state index in [-0.39, 0.29) is 11.4 Å². The van der Waals surface area contributed by atoms with E-state index in [2.05, 4.69) is 5.32 Å². The van der Waals surface area contributed by atoms with Crippen LogP contribution >= 0.6 is 22.9 Å². The van der Waals surface area contributed by atoms with Crippen molar-refractivity contribution >= 4 is 50.1 Å². The van der Waals surface area contributed by atoms with Gasteiger partial charge in [-0.1, -0.05) is 41.9 Å². The summed E-state index contributed by atoms with van der Waals surface area (Å²) in [5.41, 5.74) is 1.89. The van der Waals surface area contributed by atoms with Crippen LogP contribution < -0.4 is 9.62 Å². The minimum atomic E-state index is -4.01. The Morgan fingerprint density at radius 2 is 1.75 bits per heavy atom. The molecule has 4 rings (SSSR count). The van der Waals surface area contributed by atoms with Gasteiger partial charge in [0.05, 0.1) is 12.2 Å². The zero-order valence-corrected chi connectivity index (χ0v) is 16.9. The van der Waals surface area contributed by atoms with Gasteiger partial charge in [-0.15, -0.1) is 11.3 Å². The number of halogens is 1. The molecule has 142 valence electrons. The van der Waals surface area contributed by atoms with Crippen molar-refractivity contribution in [3.05, 3.63) is 92.6 Å². The topological polar surface area (TPSA) is 66.5 Å². The van der Waals surface area contributed by atoms with E-state index < -0.39 is 15.8 Å². The second-order valence-corrected chi connectivity index (χ2v) is 9.30. The number of thiophene rings is 1. The highest BCUT2D eigenvalue weighted by Crippen LogP contribution is 2.39. The van der Waals surface area contributed by atoms with Crippen molar-refractivity contribution in [2.75, 3.05) is 9.62 Å². The molecule has 0 aliphatic carbocycles. The van der Waals surface area contributed by atoms with Gasteiger partial charge in [-0.2, -0.15) is 0 Å². The molecule has 5 nitrogen and oxygen atoms in total. The van der Waals surface area contributed by atoms with Gasteiger partial charge < -0.3 is 5.32 Å². The Bertz CT molecular complexity index is 1150. The van der Waals surface area contributed by atoms with E-state index in [0.717, 1.165) is 5.56 Å². The zero-order valence-electron chi connectivity index (χ0n) is 14.5. The van der Waals surface area contributed by atoms with Gasteiger partial charge in [0.1, 0.15) is 4.88 Å². The van der Waals surface area contributed by atoms with E-state index in [4.69, 9.17) is 11.6 Å². The summed E-state index contributed by atoms with van der Waals surface area (Å²) in [6.07, 6.45) is 1.25. The first-order valence-electron chi connectivity index (χ1n) is 8.38. The van der Waals surface area contributed by atoms with Crippen LogP contribution in [0.15, 0.2) is 77.1 Å². The second kappa shape index (κ2) is 7.43. The predicted octanol–water partition coefficient (Wildman–Crippen LogP) is 4.89. The number of nitrogens with one attached hydrogen (secondary N) is 1. The summed E-state index contributed by atoms with van der Waals surface area (Å²) in [6.45, 7) is 0.151. The maximum Gasteiger partial charge on any atom is 0.270 e. The summed E-state index contributed by atoms with van der Waals surface area (Å²) < 4.78 is 27.8. The van der Waals surface area contributed by atoms with Gasteiger partial charge in [-0.05, 0) is 41.3 Å². The van der Waals surface area contributed by atoms with Crippen LogP contribution in [0, 0.1) is 0 Å². The van der Waals surface area contributed by atoms with E-state index in [1.165, 1.54) is 21.8 Å². The third-order valence-corrected chi connectivity index (χ3v) is 7.21. The average molecular weight is 431 g/mol. The first-order valence-corrected chi connectivity index (χ1v) is 11.1. The Balaban J connectivity index is 1.74. The number of Topliss-reactive ketones (excluding diaryl/α,β-unsaturated/α-hetero) is 1. The van der Waals surface area contributed by atoms with Crippen molar-refractivity contribution in [2.24, 2.45) is 0 Å². The monoisotopic (exact) mass is 430 g/mol. The second-order valence-electron chi connectivity index (χ2n) is 6.12. The lowest BCUT2D eigenvalue weighted by molar-refractivity contribution is 0.104. The molecule has 0 radical (unpaired) electrons. The molecule has 0 amide bonds. The van der Waals surface area contributed by atoms with Gasteiger partial charge in [-0.25, -0.2) is 8.42 Å². The third-order valence-electron chi connectivity index (χ3n) is 4.29. The minimum Gasteiger partial charge on any atom is -0.360 e. The third kappa shape index (κ3) is 3.44. The van der Waals surface area contributed by atoms with Crippen LogP contribution in [0.1, 0.15) is 15.2 Å². The van der Waals surface area contributed by atoms with Crippen LogP contribution in [0.25, 0.3) is 0 Å². The summed E-state index contributed by atoms with van der Waals surface area (Å²) in [5.74, 6) is -0.504. The molecular weight excluding hydrogens is 416 g/mol. The number of allylic oxidation sites excluding steroid dienone is 1. The number of rotatable bonds is 4. The molecule has 3 aromatic rings. The molecule has 0 bridgehead atoms. The number of carbonyl (C=O) groups is 1. The summed E-state index contributed by atoms with van der Waals surface area (Å²) in [6, 6.07) is 17.7.